The molecular weight excluding hydrogens is 434 g/mol. The Morgan fingerprint density at radius 2 is 1.76 bits per heavy atom. The molecule has 6 nitrogen and oxygen atoms in total. The Morgan fingerprint density at radius 3 is 2.48 bits per heavy atom. The van der Waals surface area contributed by atoms with Gasteiger partial charge in [-0.25, -0.2) is 5.01 Å². The van der Waals surface area contributed by atoms with Crippen LogP contribution in [0.4, 0.5) is 0 Å². The van der Waals surface area contributed by atoms with E-state index < -0.39 is 0 Å². The molecule has 0 radical (unpaired) electrons. The Kier molecular flexibility index (Phi) is 5.71. The number of hydrogen-bond donors (Lipinski definition) is 1. The van der Waals surface area contributed by atoms with E-state index in [1.54, 1.807) is 31.4 Å². The van der Waals surface area contributed by atoms with Crippen molar-refractivity contribution in [2.45, 2.75) is 12.5 Å². The fourth-order valence-corrected chi connectivity index (χ4v) is 4.73. The quantitative estimate of drug-likeness (QED) is 0.546. The van der Waals surface area contributed by atoms with Gasteiger partial charge in [-0.05, 0) is 47.2 Å². The number of rotatable bonds is 4. The smallest absolute Gasteiger partial charge is 0.286 e. The SMILES string of the molecule is COc1ccc(C2CC(c3ccccc3)=NN2C2=NC(=O)/C(=C/c3ccccc3O)S2)cc1. The second kappa shape index (κ2) is 8.96. The summed E-state index contributed by atoms with van der Waals surface area (Å²) in [6.07, 6.45) is 2.35. The summed E-state index contributed by atoms with van der Waals surface area (Å²) in [5.74, 6) is 0.562. The number of ether oxygens (including phenoxy) is 1. The molecule has 0 aromatic heterocycles. The molecule has 1 N–H and O–H groups in total. The molecule has 0 bridgehead atoms. The Morgan fingerprint density at radius 1 is 1.03 bits per heavy atom. The minimum absolute atomic E-state index is 0.102. The predicted molar refractivity (Wildman–Crippen MR) is 131 cm³/mol. The van der Waals surface area contributed by atoms with Crippen molar-refractivity contribution in [1.82, 2.24) is 5.01 Å². The van der Waals surface area contributed by atoms with E-state index >= 15 is 0 Å². The molecular formula is C26H21N3O3S. The lowest BCUT2D eigenvalue weighted by molar-refractivity contribution is -0.113. The molecule has 33 heavy (non-hydrogen) atoms. The molecule has 1 atom stereocenters. The van der Waals surface area contributed by atoms with E-state index in [-0.39, 0.29) is 17.7 Å². The van der Waals surface area contributed by atoms with E-state index in [9.17, 15) is 9.90 Å². The lowest BCUT2D eigenvalue weighted by Crippen LogP contribution is -2.23. The Bertz CT molecular complexity index is 1280. The summed E-state index contributed by atoms with van der Waals surface area (Å²) in [6, 6.07) is 24.7. The molecule has 0 aliphatic carbocycles. The number of carbonyl (C=O) groups is 1. The van der Waals surface area contributed by atoms with E-state index in [1.165, 1.54) is 11.8 Å². The van der Waals surface area contributed by atoms with Gasteiger partial charge in [-0.2, -0.15) is 10.1 Å². The fraction of sp³-hybridized carbons (Fsp3) is 0.115. The highest BCUT2D eigenvalue weighted by atomic mass is 32.2. The lowest BCUT2D eigenvalue weighted by Gasteiger charge is -2.22. The maximum Gasteiger partial charge on any atom is 0.286 e. The van der Waals surface area contributed by atoms with Crippen molar-refractivity contribution in [3.8, 4) is 11.5 Å². The van der Waals surface area contributed by atoms with Gasteiger partial charge in [0.05, 0.1) is 23.8 Å². The number of thioether (sulfide) groups is 1. The van der Waals surface area contributed by atoms with Crippen LogP contribution in [0.1, 0.15) is 29.2 Å². The van der Waals surface area contributed by atoms with E-state index in [0.717, 1.165) is 22.6 Å². The number of phenols is 1. The summed E-state index contributed by atoms with van der Waals surface area (Å²) < 4.78 is 5.30. The first-order valence-electron chi connectivity index (χ1n) is 10.5. The zero-order chi connectivity index (χ0) is 22.8. The van der Waals surface area contributed by atoms with Gasteiger partial charge in [-0.3, -0.25) is 4.79 Å². The zero-order valence-electron chi connectivity index (χ0n) is 17.9. The number of methoxy groups -OCH3 is 1. The van der Waals surface area contributed by atoms with Crippen LogP contribution in [-0.4, -0.2) is 34.0 Å². The van der Waals surface area contributed by atoms with Gasteiger partial charge in [0.25, 0.3) is 5.91 Å². The minimum atomic E-state index is -0.338. The first-order chi connectivity index (χ1) is 16.1. The average Bonchev–Trinajstić information content (AvgIpc) is 3.45. The second-order valence-corrected chi connectivity index (χ2v) is 8.63. The molecule has 164 valence electrons. The van der Waals surface area contributed by atoms with Crippen molar-refractivity contribution in [2.75, 3.05) is 7.11 Å². The molecule has 1 unspecified atom stereocenters. The summed E-state index contributed by atoms with van der Waals surface area (Å²) in [5, 5.41) is 17.3. The topological polar surface area (TPSA) is 74.5 Å². The molecule has 3 aromatic rings. The number of benzene rings is 3. The van der Waals surface area contributed by atoms with E-state index in [4.69, 9.17) is 9.84 Å². The average molecular weight is 456 g/mol. The van der Waals surface area contributed by atoms with Crippen molar-refractivity contribution in [2.24, 2.45) is 10.1 Å². The van der Waals surface area contributed by atoms with Gasteiger partial charge in [0.1, 0.15) is 11.5 Å². The molecule has 0 spiro atoms. The van der Waals surface area contributed by atoms with Crippen LogP contribution < -0.4 is 4.74 Å². The molecule has 2 aliphatic rings. The van der Waals surface area contributed by atoms with Crippen LogP contribution >= 0.6 is 11.8 Å². The van der Waals surface area contributed by atoms with Crippen LogP contribution in [0.5, 0.6) is 11.5 Å². The number of nitrogens with zero attached hydrogens (tertiary/aromatic N) is 3. The second-order valence-electron chi connectivity index (χ2n) is 7.62. The number of aliphatic imine (C=N–C) groups is 1. The number of phenolic OH excluding ortho intramolecular Hbond substituents is 1. The molecule has 1 amide bonds. The number of aromatic hydroxyl groups is 1. The highest BCUT2D eigenvalue weighted by molar-refractivity contribution is 8.18. The summed E-state index contributed by atoms with van der Waals surface area (Å²) in [7, 11) is 1.64. The first kappa shape index (κ1) is 21.0. The van der Waals surface area contributed by atoms with Gasteiger partial charge in [-0.1, -0.05) is 60.7 Å². The molecule has 7 heteroatoms. The summed E-state index contributed by atoms with van der Waals surface area (Å²) in [4.78, 5) is 17.4. The van der Waals surface area contributed by atoms with Gasteiger partial charge in [0.15, 0.2) is 5.17 Å². The van der Waals surface area contributed by atoms with Gasteiger partial charge in [0.2, 0.25) is 0 Å². The lowest BCUT2D eigenvalue weighted by atomic mass is 9.98. The molecule has 0 saturated carbocycles. The monoisotopic (exact) mass is 455 g/mol. The summed E-state index contributed by atoms with van der Waals surface area (Å²) in [5.41, 5.74) is 3.61. The number of hydrazone groups is 1. The van der Waals surface area contributed by atoms with Crippen LogP contribution in [0.2, 0.25) is 0 Å². The number of amidine groups is 1. The molecule has 0 saturated heterocycles. The van der Waals surface area contributed by atoms with E-state index in [1.807, 2.05) is 65.7 Å². The summed E-state index contributed by atoms with van der Waals surface area (Å²) in [6.45, 7) is 0. The number of hydrogen-bond acceptors (Lipinski definition) is 6. The predicted octanol–water partition coefficient (Wildman–Crippen LogP) is 5.22. The Hall–Kier alpha value is -3.84. The van der Waals surface area contributed by atoms with Crippen molar-refractivity contribution in [3.63, 3.8) is 0 Å². The highest BCUT2D eigenvalue weighted by Crippen LogP contribution is 2.40. The van der Waals surface area contributed by atoms with Crippen LogP contribution in [0.3, 0.4) is 0 Å². The van der Waals surface area contributed by atoms with Crippen LogP contribution in [0.15, 0.2) is 93.9 Å². The number of carbonyl (C=O) groups excluding carboxylic acids is 1. The van der Waals surface area contributed by atoms with Crippen molar-refractivity contribution < 1.29 is 14.6 Å². The van der Waals surface area contributed by atoms with Crippen LogP contribution in [0.25, 0.3) is 6.08 Å². The number of amides is 1. The summed E-state index contributed by atoms with van der Waals surface area (Å²) >= 11 is 1.27. The normalized spacial score (nSPS) is 19.1. The van der Waals surface area contributed by atoms with E-state index in [0.29, 0.717) is 22.1 Å². The largest absolute Gasteiger partial charge is 0.507 e. The van der Waals surface area contributed by atoms with Gasteiger partial charge >= 0.3 is 0 Å². The molecule has 3 aromatic carbocycles. The molecule has 2 heterocycles. The third-order valence-corrected chi connectivity index (χ3v) is 6.52. The van der Waals surface area contributed by atoms with Crippen LogP contribution in [0, 0.1) is 0 Å². The Balaban J connectivity index is 1.48. The van der Waals surface area contributed by atoms with Gasteiger partial charge in [0, 0.05) is 12.0 Å². The van der Waals surface area contributed by atoms with Crippen molar-refractivity contribution in [1.29, 1.82) is 0 Å². The Labute approximate surface area is 195 Å². The van der Waals surface area contributed by atoms with E-state index in [2.05, 4.69) is 4.99 Å². The van der Waals surface area contributed by atoms with Crippen molar-refractivity contribution >= 4 is 34.6 Å². The highest BCUT2D eigenvalue weighted by Gasteiger charge is 2.36. The maximum atomic E-state index is 12.7. The van der Waals surface area contributed by atoms with Crippen LogP contribution in [-0.2, 0) is 4.79 Å². The standard InChI is InChI=1S/C26H21N3O3S/c1-32-20-13-11-18(12-14-20)22-16-21(17-7-3-2-4-8-17)28-29(22)26-27-25(31)24(33-26)15-19-9-5-6-10-23(19)30/h2-15,22,30H,16H2,1H3/b24-15-. The first-order valence-corrected chi connectivity index (χ1v) is 11.3. The number of para-hydroxylation sites is 1. The van der Waals surface area contributed by atoms with Gasteiger partial charge < -0.3 is 9.84 Å². The fourth-order valence-electron chi connectivity index (χ4n) is 3.82. The molecule has 0 fully saturated rings. The molecule has 2 aliphatic heterocycles. The maximum absolute atomic E-state index is 12.7. The third kappa shape index (κ3) is 4.27. The van der Waals surface area contributed by atoms with Gasteiger partial charge in [-0.15, -0.1) is 0 Å². The van der Waals surface area contributed by atoms with Crippen molar-refractivity contribution in [3.05, 3.63) is 100 Å². The zero-order valence-corrected chi connectivity index (χ0v) is 18.7. The molecule has 5 rings (SSSR count). The minimum Gasteiger partial charge on any atom is -0.507 e. The third-order valence-electron chi connectivity index (χ3n) is 5.55.